The molecule has 1 saturated heterocycles. The third kappa shape index (κ3) is 2.98. The maximum atomic E-state index is 11.5. The van der Waals surface area contributed by atoms with Gasteiger partial charge >= 0.3 is 5.69 Å². The predicted molar refractivity (Wildman–Crippen MR) is 84.7 cm³/mol. The van der Waals surface area contributed by atoms with Crippen LogP contribution >= 0.6 is 11.3 Å². The summed E-state index contributed by atoms with van der Waals surface area (Å²) in [5, 5.41) is 16.8. The molecule has 0 radical (unpaired) electrons. The van der Waals surface area contributed by atoms with Crippen molar-refractivity contribution >= 4 is 33.8 Å². The second kappa shape index (κ2) is 6.22. The van der Waals surface area contributed by atoms with Crippen molar-refractivity contribution < 1.29 is 4.92 Å². The Labute approximate surface area is 131 Å². The molecule has 1 aliphatic rings. The summed E-state index contributed by atoms with van der Waals surface area (Å²) in [7, 11) is 0. The molecule has 0 aromatic carbocycles. The van der Waals surface area contributed by atoms with Crippen molar-refractivity contribution in [1.29, 1.82) is 0 Å². The molecule has 22 heavy (non-hydrogen) atoms. The molecule has 2 aromatic rings. The summed E-state index contributed by atoms with van der Waals surface area (Å²) in [5.41, 5.74) is -0.0909. The molecular weight excluding hydrogens is 304 g/mol. The number of hydrogen-bond donors (Lipinski definition) is 1. The van der Waals surface area contributed by atoms with E-state index in [0.717, 1.165) is 25.9 Å². The standard InChI is InChI=1S/C13H16N6O2S/c1-9-3-2-5-18(7-9)12-10(19(20)21)11(15-8-16-12)17-13-14-4-6-22-13/h4,6,8-9H,2-3,5,7H2,1H3,(H,14,15,16,17). The predicted octanol–water partition coefficient (Wildman–Crippen LogP) is 2.82. The minimum atomic E-state index is -0.426. The zero-order chi connectivity index (χ0) is 15.5. The highest BCUT2D eigenvalue weighted by Gasteiger charge is 2.29. The average molecular weight is 320 g/mol. The second-order valence-electron chi connectivity index (χ2n) is 5.31. The van der Waals surface area contributed by atoms with Crippen molar-refractivity contribution in [3.63, 3.8) is 0 Å². The highest BCUT2D eigenvalue weighted by Crippen LogP contribution is 2.35. The summed E-state index contributed by atoms with van der Waals surface area (Å²) in [6, 6.07) is 0. The van der Waals surface area contributed by atoms with E-state index in [4.69, 9.17) is 0 Å². The molecule has 2 aromatic heterocycles. The van der Waals surface area contributed by atoms with Crippen LogP contribution in [-0.2, 0) is 0 Å². The topological polar surface area (TPSA) is 97.1 Å². The smallest absolute Gasteiger partial charge is 0.350 e. The van der Waals surface area contributed by atoms with Crippen LogP contribution in [0.2, 0.25) is 0 Å². The minimum absolute atomic E-state index is 0.0909. The van der Waals surface area contributed by atoms with Gasteiger partial charge in [0.15, 0.2) is 5.13 Å². The van der Waals surface area contributed by atoms with Crippen LogP contribution in [-0.4, -0.2) is 33.0 Å². The summed E-state index contributed by atoms with van der Waals surface area (Å²) in [6.45, 7) is 3.70. The molecule has 116 valence electrons. The van der Waals surface area contributed by atoms with Crippen molar-refractivity contribution in [2.75, 3.05) is 23.3 Å². The van der Waals surface area contributed by atoms with Crippen LogP contribution in [0, 0.1) is 16.0 Å². The zero-order valence-corrected chi connectivity index (χ0v) is 12.9. The summed E-state index contributed by atoms with van der Waals surface area (Å²) < 4.78 is 0. The Morgan fingerprint density at radius 3 is 3.00 bits per heavy atom. The molecule has 1 aliphatic heterocycles. The van der Waals surface area contributed by atoms with Gasteiger partial charge in [0, 0.05) is 24.7 Å². The van der Waals surface area contributed by atoms with Crippen molar-refractivity contribution in [2.24, 2.45) is 5.92 Å². The van der Waals surface area contributed by atoms with Gasteiger partial charge in [-0.3, -0.25) is 10.1 Å². The summed E-state index contributed by atoms with van der Waals surface area (Å²) in [5.74, 6) is 1.06. The molecule has 3 heterocycles. The molecule has 0 saturated carbocycles. The van der Waals surface area contributed by atoms with Gasteiger partial charge in [0.2, 0.25) is 11.6 Å². The Morgan fingerprint density at radius 2 is 2.32 bits per heavy atom. The van der Waals surface area contributed by atoms with Gasteiger partial charge in [-0.15, -0.1) is 11.3 Å². The molecular formula is C13H16N6O2S. The van der Waals surface area contributed by atoms with Gasteiger partial charge in [-0.2, -0.15) is 0 Å². The SMILES string of the molecule is CC1CCCN(c2ncnc(Nc3nccs3)c2[N+](=O)[O-])C1. The highest BCUT2D eigenvalue weighted by molar-refractivity contribution is 7.13. The Bertz CT molecular complexity index is 663. The number of nitrogens with one attached hydrogen (secondary N) is 1. The normalized spacial score (nSPS) is 18.2. The quantitative estimate of drug-likeness (QED) is 0.683. The number of aromatic nitrogens is 3. The zero-order valence-electron chi connectivity index (χ0n) is 12.1. The van der Waals surface area contributed by atoms with E-state index in [1.165, 1.54) is 17.7 Å². The molecule has 0 aliphatic carbocycles. The Morgan fingerprint density at radius 1 is 1.45 bits per heavy atom. The Balaban J connectivity index is 1.97. The number of nitro groups is 1. The lowest BCUT2D eigenvalue weighted by molar-refractivity contribution is -0.383. The van der Waals surface area contributed by atoms with Gasteiger partial charge in [-0.05, 0) is 18.8 Å². The minimum Gasteiger partial charge on any atom is -0.350 e. The van der Waals surface area contributed by atoms with Crippen molar-refractivity contribution in [2.45, 2.75) is 19.8 Å². The Hall–Kier alpha value is -2.29. The van der Waals surface area contributed by atoms with E-state index in [1.54, 1.807) is 11.6 Å². The van der Waals surface area contributed by atoms with E-state index in [2.05, 4.69) is 27.2 Å². The molecule has 9 heteroatoms. The van der Waals surface area contributed by atoms with E-state index in [1.807, 2.05) is 4.90 Å². The first kappa shape index (κ1) is 14.6. The average Bonchev–Trinajstić information content (AvgIpc) is 2.99. The first-order chi connectivity index (χ1) is 10.6. The van der Waals surface area contributed by atoms with E-state index in [9.17, 15) is 10.1 Å². The lowest BCUT2D eigenvalue weighted by Crippen LogP contribution is -2.35. The van der Waals surface area contributed by atoms with Crippen LogP contribution in [0.4, 0.5) is 22.5 Å². The third-order valence-electron chi connectivity index (χ3n) is 3.60. The monoisotopic (exact) mass is 320 g/mol. The van der Waals surface area contributed by atoms with Crippen LogP contribution in [0.1, 0.15) is 19.8 Å². The number of hydrogen-bond acceptors (Lipinski definition) is 8. The molecule has 3 rings (SSSR count). The molecule has 0 bridgehead atoms. The van der Waals surface area contributed by atoms with Crippen molar-refractivity contribution in [3.8, 4) is 0 Å². The lowest BCUT2D eigenvalue weighted by Gasteiger charge is -2.31. The van der Waals surface area contributed by atoms with Crippen LogP contribution < -0.4 is 10.2 Å². The fourth-order valence-corrected chi connectivity index (χ4v) is 3.16. The first-order valence-electron chi connectivity index (χ1n) is 7.06. The van der Waals surface area contributed by atoms with Gasteiger partial charge in [0.05, 0.1) is 4.92 Å². The molecule has 1 fully saturated rings. The molecule has 1 atom stereocenters. The summed E-state index contributed by atoms with van der Waals surface area (Å²) in [6.07, 6.45) is 5.14. The summed E-state index contributed by atoms with van der Waals surface area (Å²) in [4.78, 5) is 25.4. The van der Waals surface area contributed by atoms with Gasteiger partial charge in [-0.1, -0.05) is 6.92 Å². The van der Waals surface area contributed by atoms with Gasteiger partial charge < -0.3 is 10.2 Å². The van der Waals surface area contributed by atoms with E-state index < -0.39 is 4.92 Å². The van der Waals surface area contributed by atoms with Crippen LogP contribution in [0.5, 0.6) is 0 Å². The number of piperidine rings is 1. The van der Waals surface area contributed by atoms with E-state index >= 15 is 0 Å². The molecule has 8 nitrogen and oxygen atoms in total. The molecule has 0 amide bonds. The highest BCUT2D eigenvalue weighted by atomic mass is 32.1. The van der Waals surface area contributed by atoms with Gasteiger partial charge in [0.25, 0.3) is 0 Å². The number of rotatable bonds is 4. The van der Waals surface area contributed by atoms with E-state index in [-0.39, 0.29) is 11.5 Å². The third-order valence-corrected chi connectivity index (χ3v) is 4.29. The molecule has 0 spiro atoms. The Kier molecular flexibility index (Phi) is 4.14. The fraction of sp³-hybridized carbons (Fsp3) is 0.462. The second-order valence-corrected chi connectivity index (χ2v) is 6.20. The number of nitrogens with zero attached hydrogens (tertiary/aromatic N) is 5. The summed E-state index contributed by atoms with van der Waals surface area (Å²) >= 11 is 1.36. The number of thiazole rings is 1. The van der Waals surface area contributed by atoms with Gasteiger partial charge in [0.1, 0.15) is 6.33 Å². The van der Waals surface area contributed by atoms with Crippen LogP contribution in [0.15, 0.2) is 17.9 Å². The van der Waals surface area contributed by atoms with Crippen molar-refractivity contribution in [3.05, 3.63) is 28.0 Å². The van der Waals surface area contributed by atoms with Crippen LogP contribution in [0.25, 0.3) is 0 Å². The number of anilines is 3. The lowest BCUT2D eigenvalue weighted by atomic mass is 10.0. The fourth-order valence-electron chi connectivity index (χ4n) is 2.63. The molecule has 1 N–H and O–H groups in total. The molecule has 1 unspecified atom stereocenters. The van der Waals surface area contributed by atoms with Crippen molar-refractivity contribution in [1.82, 2.24) is 15.0 Å². The maximum Gasteiger partial charge on any atom is 0.353 e. The maximum absolute atomic E-state index is 11.5. The van der Waals surface area contributed by atoms with Gasteiger partial charge in [-0.25, -0.2) is 15.0 Å². The first-order valence-corrected chi connectivity index (χ1v) is 7.94. The van der Waals surface area contributed by atoms with Crippen LogP contribution in [0.3, 0.4) is 0 Å². The largest absolute Gasteiger partial charge is 0.353 e. The van der Waals surface area contributed by atoms with E-state index in [0.29, 0.717) is 16.9 Å².